The Labute approximate surface area is 132 Å². The van der Waals surface area contributed by atoms with Gasteiger partial charge >= 0.3 is 0 Å². The standard InChI is InChI=1S/C17H15N3OS/c1-11-12(2)22-16-15(11)17(21)20(9-8-18)14(19-16)10-13-6-4-3-5-7-13/h3-7H,9-10H2,1-2H3. The summed E-state index contributed by atoms with van der Waals surface area (Å²) in [5.74, 6) is 0.645. The third-order valence-electron chi connectivity index (χ3n) is 3.80. The maximum absolute atomic E-state index is 12.7. The highest BCUT2D eigenvalue weighted by molar-refractivity contribution is 7.18. The molecule has 2 heterocycles. The molecule has 110 valence electrons. The van der Waals surface area contributed by atoms with E-state index >= 15 is 0 Å². The summed E-state index contributed by atoms with van der Waals surface area (Å²) in [5.41, 5.74) is 1.93. The first-order chi connectivity index (χ1) is 10.6. The van der Waals surface area contributed by atoms with Gasteiger partial charge in [-0.25, -0.2) is 4.98 Å². The van der Waals surface area contributed by atoms with Crippen LogP contribution in [-0.2, 0) is 13.0 Å². The Balaban J connectivity index is 2.22. The molecular formula is C17H15N3OS. The smallest absolute Gasteiger partial charge is 0.263 e. The molecule has 0 N–H and O–H groups in total. The Morgan fingerprint density at radius 3 is 2.68 bits per heavy atom. The largest absolute Gasteiger partial charge is 0.282 e. The van der Waals surface area contributed by atoms with E-state index in [1.807, 2.05) is 44.2 Å². The lowest BCUT2D eigenvalue weighted by Gasteiger charge is -2.09. The second kappa shape index (κ2) is 5.74. The summed E-state index contributed by atoms with van der Waals surface area (Å²) in [6.45, 7) is 3.95. The van der Waals surface area contributed by atoms with E-state index in [0.29, 0.717) is 17.6 Å². The number of hydrogen-bond donors (Lipinski definition) is 0. The zero-order valence-corrected chi connectivity index (χ0v) is 13.3. The van der Waals surface area contributed by atoms with Gasteiger partial charge < -0.3 is 0 Å². The highest BCUT2D eigenvalue weighted by atomic mass is 32.1. The Morgan fingerprint density at radius 2 is 2.00 bits per heavy atom. The molecule has 2 aromatic heterocycles. The fourth-order valence-electron chi connectivity index (χ4n) is 2.52. The van der Waals surface area contributed by atoms with Gasteiger partial charge in [0.25, 0.3) is 5.56 Å². The van der Waals surface area contributed by atoms with Gasteiger partial charge in [0.2, 0.25) is 0 Å². The van der Waals surface area contributed by atoms with Crippen LogP contribution in [0.25, 0.3) is 10.2 Å². The summed E-state index contributed by atoms with van der Waals surface area (Å²) in [5, 5.41) is 9.69. The van der Waals surface area contributed by atoms with Crippen molar-refractivity contribution in [1.29, 1.82) is 5.26 Å². The fraction of sp³-hybridized carbons (Fsp3) is 0.235. The molecule has 0 saturated carbocycles. The number of thiophene rings is 1. The molecule has 0 aliphatic rings. The average molecular weight is 309 g/mol. The van der Waals surface area contributed by atoms with E-state index in [-0.39, 0.29) is 12.1 Å². The summed E-state index contributed by atoms with van der Waals surface area (Å²) in [6.07, 6.45) is 0.545. The third-order valence-corrected chi connectivity index (χ3v) is 4.90. The number of aryl methyl sites for hydroxylation is 2. The van der Waals surface area contributed by atoms with Crippen LogP contribution in [0.1, 0.15) is 21.8 Å². The summed E-state index contributed by atoms with van der Waals surface area (Å²) >= 11 is 1.54. The summed E-state index contributed by atoms with van der Waals surface area (Å²) in [7, 11) is 0. The van der Waals surface area contributed by atoms with Crippen molar-refractivity contribution in [2.45, 2.75) is 26.8 Å². The van der Waals surface area contributed by atoms with Gasteiger partial charge in [-0.05, 0) is 25.0 Å². The van der Waals surface area contributed by atoms with Crippen molar-refractivity contribution in [3.63, 3.8) is 0 Å². The zero-order valence-electron chi connectivity index (χ0n) is 12.5. The number of fused-ring (bicyclic) bond motifs is 1. The number of aromatic nitrogens is 2. The van der Waals surface area contributed by atoms with Crippen LogP contribution in [0.2, 0.25) is 0 Å². The van der Waals surface area contributed by atoms with E-state index in [4.69, 9.17) is 5.26 Å². The molecule has 0 bridgehead atoms. The molecule has 4 nitrogen and oxygen atoms in total. The molecule has 0 atom stereocenters. The minimum absolute atomic E-state index is 0.0261. The Morgan fingerprint density at radius 1 is 1.27 bits per heavy atom. The molecule has 3 rings (SSSR count). The Kier molecular flexibility index (Phi) is 3.78. The molecule has 0 radical (unpaired) electrons. The van der Waals surface area contributed by atoms with Gasteiger partial charge in [0.15, 0.2) is 0 Å². The zero-order chi connectivity index (χ0) is 15.7. The van der Waals surface area contributed by atoms with Gasteiger partial charge in [-0.2, -0.15) is 5.26 Å². The molecule has 0 aliphatic heterocycles. The first-order valence-electron chi connectivity index (χ1n) is 7.02. The molecule has 0 saturated heterocycles. The van der Waals surface area contributed by atoms with Crippen LogP contribution < -0.4 is 5.56 Å². The lowest BCUT2D eigenvalue weighted by atomic mass is 10.1. The van der Waals surface area contributed by atoms with E-state index < -0.39 is 0 Å². The second-order valence-corrected chi connectivity index (χ2v) is 6.41. The molecule has 0 spiro atoms. The van der Waals surface area contributed by atoms with E-state index in [1.165, 1.54) is 15.9 Å². The molecule has 1 aromatic carbocycles. The first kappa shape index (κ1) is 14.5. The van der Waals surface area contributed by atoms with E-state index in [1.54, 1.807) is 0 Å². The summed E-state index contributed by atoms with van der Waals surface area (Å²) < 4.78 is 1.49. The highest BCUT2D eigenvalue weighted by Gasteiger charge is 2.16. The van der Waals surface area contributed by atoms with Gasteiger partial charge in [-0.1, -0.05) is 30.3 Å². The first-order valence-corrected chi connectivity index (χ1v) is 7.83. The number of hydrogen-bond acceptors (Lipinski definition) is 4. The third kappa shape index (κ3) is 2.42. The van der Waals surface area contributed by atoms with Crippen molar-refractivity contribution in [2.75, 3.05) is 0 Å². The van der Waals surface area contributed by atoms with Crippen LogP contribution in [0.15, 0.2) is 35.1 Å². The molecule has 0 unspecified atom stereocenters. The lowest BCUT2D eigenvalue weighted by Crippen LogP contribution is -2.25. The number of nitriles is 1. The minimum atomic E-state index is -0.112. The van der Waals surface area contributed by atoms with Crippen LogP contribution in [0, 0.1) is 25.2 Å². The van der Waals surface area contributed by atoms with Crippen LogP contribution in [-0.4, -0.2) is 9.55 Å². The van der Waals surface area contributed by atoms with Crippen LogP contribution in [0.3, 0.4) is 0 Å². The molecular weight excluding hydrogens is 294 g/mol. The van der Waals surface area contributed by atoms with Gasteiger partial charge in [0.1, 0.15) is 17.2 Å². The fourth-order valence-corrected chi connectivity index (χ4v) is 3.56. The SMILES string of the molecule is Cc1sc2nc(Cc3ccccc3)n(CC#N)c(=O)c2c1C. The van der Waals surface area contributed by atoms with Crippen molar-refractivity contribution in [1.82, 2.24) is 9.55 Å². The number of rotatable bonds is 3. The Hall–Kier alpha value is -2.45. The van der Waals surface area contributed by atoms with Gasteiger partial charge in [-0.3, -0.25) is 9.36 Å². The van der Waals surface area contributed by atoms with Crippen molar-refractivity contribution in [3.8, 4) is 6.07 Å². The van der Waals surface area contributed by atoms with E-state index in [2.05, 4.69) is 11.1 Å². The topological polar surface area (TPSA) is 58.7 Å². The Bertz CT molecular complexity index is 932. The van der Waals surface area contributed by atoms with Crippen molar-refractivity contribution in [3.05, 3.63) is 62.5 Å². The molecule has 3 aromatic rings. The van der Waals surface area contributed by atoms with Crippen LogP contribution in [0.4, 0.5) is 0 Å². The molecule has 0 fully saturated rings. The molecule has 0 aliphatic carbocycles. The van der Waals surface area contributed by atoms with Crippen LogP contribution in [0.5, 0.6) is 0 Å². The summed E-state index contributed by atoms with van der Waals surface area (Å²) in [4.78, 5) is 19.3. The lowest BCUT2D eigenvalue weighted by molar-refractivity contribution is 0.715. The van der Waals surface area contributed by atoms with E-state index in [9.17, 15) is 4.79 Å². The maximum atomic E-state index is 12.7. The molecule has 0 amide bonds. The van der Waals surface area contributed by atoms with Gasteiger partial charge in [0, 0.05) is 11.3 Å². The quantitative estimate of drug-likeness (QED) is 0.746. The summed E-state index contributed by atoms with van der Waals surface area (Å²) in [6, 6.07) is 11.9. The predicted molar refractivity (Wildman–Crippen MR) is 88.2 cm³/mol. The normalized spacial score (nSPS) is 10.8. The minimum Gasteiger partial charge on any atom is -0.282 e. The predicted octanol–water partition coefficient (Wildman–Crippen LogP) is 3.19. The van der Waals surface area contributed by atoms with Crippen molar-refractivity contribution >= 4 is 21.6 Å². The monoisotopic (exact) mass is 309 g/mol. The van der Waals surface area contributed by atoms with Gasteiger partial charge in [-0.15, -0.1) is 11.3 Å². The second-order valence-electron chi connectivity index (χ2n) is 5.20. The average Bonchev–Trinajstić information content (AvgIpc) is 2.79. The number of benzene rings is 1. The van der Waals surface area contributed by atoms with E-state index in [0.717, 1.165) is 20.8 Å². The van der Waals surface area contributed by atoms with Crippen molar-refractivity contribution < 1.29 is 0 Å². The van der Waals surface area contributed by atoms with Gasteiger partial charge in [0.05, 0.1) is 11.5 Å². The molecule has 22 heavy (non-hydrogen) atoms. The maximum Gasteiger partial charge on any atom is 0.263 e. The highest BCUT2D eigenvalue weighted by Crippen LogP contribution is 2.26. The molecule has 5 heteroatoms. The number of nitrogens with zero attached hydrogens (tertiary/aromatic N) is 3. The van der Waals surface area contributed by atoms with Crippen LogP contribution >= 0.6 is 11.3 Å². The van der Waals surface area contributed by atoms with Crippen molar-refractivity contribution in [2.24, 2.45) is 0 Å².